The number of para-hydroxylation sites is 1. The summed E-state index contributed by atoms with van der Waals surface area (Å²) in [5.41, 5.74) is 2.63. The summed E-state index contributed by atoms with van der Waals surface area (Å²) in [5.74, 6) is 3.19. The average molecular weight is 465 g/mol. The number of ether oxygens (including phenoxy) is 3. The smallest absolute Gasteiger partial charge is 0.197 e. The second-order valence-electron chi connectivity index (χ2n) is 8.50. The van der Waals surface area contributed by atoms with E-state index in [4.69, 9.17) is 19.3 Å². The quantitative estimate of drug-likeness (QED) is 0.231. The maximum Gasteiger partial charge on any atom is 0.197 e. The molecule has 0 aromatic heterocycles. The van der Waals surface area contributed by atoms with Gasteiger partial charge in [0.2, 0.25) is 0 Å². The van der Waals surface area contributed by atoms with E-state index in [0.29, 0.717) is 30.8 Å². The van der Waals surface area contributed by atoms with Crippen LogP contribution in [0.2, 0.25) is 0 Å². The van der Waals surface area contributed by atoms with Crippen LogP contribution in [0.4, 0.5) is 0 Å². The average Bonchev–Trinajstić information content (AvgIpc) is 2.87. The van der Waals surface area contributed by atoms with Crippen LogP contribution in [-0.2, 0) is 4.74 Å². The van der Waals surface area contributed by atoms with Gasteiger partial charge in [0.25, 0.3) is 0 Å². The normalized spacial score (nSPS) is 13.2. The van der Waals surface area contributed by atoms with E-state index in [2.05, 4.69) is 39.8 Å². The molecule has 4 heteroatoms. The predicted molar refractivity (Wildman–Crippen MR) is 140 cm³/mol. The van der Waals surface area contributed by atoms with Gasteiger partial charge in [-0.25, -0.2) is 0 Å². The molecule has 34 heavy (non-hydrogen) atoms. The van der Waals surface area contributed by atoms with Crippen LogP contribution in [0.3, 0.4) is 0 Å². The summed E-state index contributed by atoms with van der Waals surface area (Å²) in [6.07, 6.45) is 1.98. The van der Waals surface area contributed by atoms with Crippen molar-refractivity contribution >= 4 is 0 Å². The lowest BCUT2D eigenvalue weighted by molar-refractivity contribution is -0.0739. The first kappa shape index (κ1) is 27.3. The highest BCUT2D eigenvalue weighted by Gasteiger charge is 2.06. The van der Waals surface area contributed by atoms with Crippen molar-refractivity contribution in [3.8, 4) is 17.2 Å². The Bertz CT molecular complexity index is 907. The zero-order valence-corrected chi connectivity index (χ0v) is 21.2. The largest absolute Gasteiger partial charge is 0.508 e. The van der Waals surface area contributed by atoms with E-state index in [1.54, 1.807) is 12.1 Å². The Hall–Kier alpha value is -2.98. The maximum absolute atomic E-state index is 9.01. The third-order valence-electron chi connectivity index (χ3n) is 5.89. The number of hydrogen-bond donors (Lipinski definition) is 1. The molecule has 0 saturated heterocycles. The minimum atomic E-state index is -0.302. The molecule has 0 aliphatic rings. The monoisotopic (exact) mass is 464 g/mol. The highest BCUT2D eigenvalue weighted by Crippen LogP contribution is 2.22. The molecule has 3 unspecified atom stereocenters. The molecule has 184 valence electrons. The van der Waals surface area contributed by atoms with Crippen molar-refractivity contribution in [2.45, 2.75) is 65.6 Å². The van der Waals surface area contributed by atoms with Crippen molar-refractivity contribution in [2.75, 3.05) is 13.2 Å². The number of aromatic hydroxyl groups is 1. The van der Waals surface area contributed by atoms with E-state index in [-0.39, 0.29) is 6.29 Å². The van der Waals surface area contributed by atoms with Crippen molar-refractivity contribution in [1.82, 2.24) is 0 Å². The topological polar surface area (TPSA) is 47.9 Å². The molecule has 0 amide bonds. The summed E-state index contributed by atoms with van der Waals surface area (Å²) in [4.78, 5) is 0. The first-order valence-electron chi connectivity index (χ1n) is 12.3. The lowest BCUT2D eigenvalue weighted by atomic mass is 9.99. The van der Waals surface area contributed by atoms with Crippen LogP contribution in [0.15, 0.2) is 78.9 Å². The van der Waals surface area contributed by atoms with Gasteiger partial charge in [-0.05, 0) is 79.1 Å². The summed E-state index contributed by atoms with van der Waals surface area (Å²) < 4.78 is 17.0. The van der Waals surface area contributed by atoms with Gasteiger partial charge in [-0.3, -0.25) is 0 Å². The molecule has 4 nitrogen and oxygen atoms in total. The molecule has 0 saturated carbocycles. The highest BCUT2D eigenvalue weighted by atomic mass is 16.7. The fraction of sp³-hybridized carbons (Fsp3) is 0.400. The fourth-order valence-electron chi connectivity index (χ4n) is 3.27. The number of phenolic OH excluding ortho intramolecular Hbond substituents is 1. The van der Waals surface area contributed by atoms with E-state index in [9.17, 15) is 0 Å². The molecule has 3 aromatic rings. The molecule has 0 aliphatic heterocycles. The van der Waals surface area contributed by atoms with Crippen LogP contribution in [-0.4, -0.2) is 24.6 Å². The van der Waals surface area contributed by atoms with Crippen LogP contribution >= 0.6 is 0 Å². The molecule has 0 bridgehead atoms. The summed E-state index contributed by atoms with van der Waals surface area (Å²) in [7, 11) is 0. The van der Waals surface area contributed by atoms with Gasteiger partial charge < -0.3 is 19.3 Å². The Morgan fingerprint density at radius 2 is 1.18 bits per heavy atom. The van der Waals surface area contributed by atoms with E-state index in [1.165, 1.54) is 11.1 Å². The Morgan fingerprint density at radius 3 is 1.71 bits per heavy atom. The second-order valence-corrected chi connectivity index (χ2v) is 8.50. The van der Waals surface area contributed by atoms with Crippen molar-refractivity contribution in [3.63, 3.8) is 0 Å². The number of hydrogen-bond acceptors (Lipinski definition) is 4. The Morgan fingerprint density at radius 1 is 0.647 bits per heavy atom. The highest BCUT2D eigenvalue weighted by molar-refractivity contribution is 5.29. The summed E-state index contributed by atoms with van der Waals surface area (Å²) >= 11 is 0. The Kier molecular flexibility index (Phi) is 12.0. The minimum Gasteiger partial charge on any atom is -0.508 e. The molecular weight excluding hydrogens is 424 g/mol. The van der Waals surface area contributed by atoms with Crippen molar-refractivity contribution in [2.24, 2.45) is 0 Å². The molecule has 0 spiro atoms. The number of benzene rings is 3. The third-order valence-corrected chi connectivity index (χ3v) is 5.89. The van der Waals surface area contributed by atoms with E-state index < -0.39 is 0 Å². The summed E-state index contributed by atoms with van der Waals surface area (Å²) in [6, 6.07) is 25.4. The third kappa shape index (κ3) is 9.88. The zero-order valence-electron chi connectivity index (χ0n) is 21.2. The van der Waals surface area contributed by atoms with Crippen LogP contribution in [0.5, 0.6) is 17.2 Å². The van der Waals surface area contributed by atoms with Crippen LogP contribution < -0.4 is 9.47 Å². The Balaban J connectivity index is 0.000000310. The minimum absolute atomic E-state index is 0.302. The van der Waals surface area contributed by atoms with Crippen molar-refractivity contribution < 1.29 is 19.3 Å². The van der Waals surface area contributed by atoms with Gasteiger partial charge >= 0.3 is 0 Å². The first-order valence-corrected chi connectivity index (χ1v) is 12.3. The maximum atomic E-state index is 9.01. The molecule has 0 fully saturated rings. The molecule has 0 heterocycles. The van der Waals surface area contributed by atoms with Gasteiger partial charge in [0.1, 0.15) is 23.9 Å². The molecule has 3 rings (SSSR count). The summed E-state index contributed by atoms with van der Waals surface area (Å²) in [6.45, 7) is 11.7. The Labute approximate surface area is 205 Å². The first-order chi connectivity index (χ1) is 16.4. The van der Waals surface area contributed by atoms with E-state index >= 15 is 0 Å². The standard InChI is InChI=1S/C20H26O3.C10H14O/c1-4-16(2)18-10-12-20(13-11-18)23-17(3)21-14-15-22-19-8-6-5-7-9-19;1-3-8(2)9-4-6-10(11)7-5-9/h5-13,16-17H,4,14-15H2,1-3H3;4-8,11H,3H2,1-2H3. The van der Waals surface area contributed by atoms with Crippen molar-refractivity contribution in [3.05, 3.63) is 90.0 Å². The lowest BCUT2D eigenvalue weighted by Crippen LogP contribution is -2.19. The SMILES string of the molecule is CCC(C)c1ccc(O)cc1.CCC(C)c1ccc(OC(C)OCCOc2ccccc2)cc1. The van der Waals surface area contributed by atoms with Crippen LogP contribution in [0.25, 0.3) is 0 Å². The van der Waals surface area contributed by atoms with Crippen molar-refractivity contribution in [1.29, 1.82) is 0 Å². The molecule has 1 N–H and O–H groups in total. The molecule has 3 atom stereocenters. The van der Waals surface area contributed by atoms with Gasteiger partial charge in [0, 0.05) is 0 Å². The van der Waals surface area contributed by atoms with Crippen LogP contribution in [0.1, 0.15) is 70.4 Å². The second kappa shape index (κ2) is 15.0. The molecule has 0 radical (unpaired) electrons. The molecule has 0 aliphatic carbocycles. The van der Waals surface area contributed by atoms with Gasteiger partial charge in [-0.15, -0.1) is 0 Å². The number of rotatable bonds is 11. The van der Waals surface area contributed by atoms with E-state index in [1.807, 2.05) is 61.5 Å². The zero-order chi connectivity index (χ0) is 24.8. The van der Waals surface area contributed by atoms with Gasteiger partial charge in [-0.2, -0.15) is 0 Å². The van der Waals surface area contributed by atoms with Gasteiger partial charge in [0.05, 0.1) is 6.61 Å². The number of phenols is 1. The predicted octanol–water partition coefficient (Wildman–Crippen LogP) is 7.93. The summed E-state index contributed by atoms with van der Waals surface area (Å²) in [5, 5.41) is 9.01. The van der Waals surface area contributed by atoms with Crippen LogP contribution in [0, 0.1) is 0 Å². The fourth-order valence-corrected chi connectivity index (χ4v) is 3.27. The lowest BCUT2D eigenvalue weighted by Gasteiger charge is -2.16. The molecule has 3 aromatic carbocycles. The van der Waals surface area contributed by atoms with E-state index in [0.717, 1.165) is 24.3 Å². The van der Waals surface area contributed by atoms with Gasteiger partial charge in [-0.1, -0.05) is 70.2 Å². The van der Waals surface area contributed by atoms with Gasteiger partial charge in [0.15, 0.2) is 6.29 Å². The molecular formula is C30H40O4.